The number of allylic oxidation sites excluding steroid dienone is 2. The Morgan fingerprint density at radius 2 is 1.84 bits per heavy atom. The third kappa shape index (κ3) is 6.96. The molecule has 2 N–H and O–H groups in total. The summed E-state index contributed by atoms with van der Waals surface area (Å²) in [4.78, 5) is 39.4. The first-order chi connectivity index (χ1) is 20.8. The van der Waals surface area contributed by atoms with Gasteiger partial charge in [-0.2, -0.15) is 0 Å². The number of amides is 2. The summed E-state index contributed by atoms with van der Waals surface area (Å²) in [6.07, 6.45) is 7.78. The summed E-state index contributed by atoms with van der Waals surface area (Å²) < 4.78 is 7.33. The summed E-state index contributed by atoms with van der Waals surface area (Å²) in [5, 5.41) is 19.4. The van der Waals surface area contributed by atoms with Gasteiger partial charge in [0.15, 0.2) is 0 Å². The number of aromatic hydroxyl groups is 1. The van der Waals surface area contributed by atoms with Crippen LogP contribution in [0.15, 0.2) is 64.1 Å². The summed E-state index contributed by atoms with van der Waals surface area (Å²) in [6, 6.07) is 15.6. The molecule has 0 saturated carbocycles. The molecule has 5 rings (SSSR count). The number of nitrogens with zero attached hydrogens (tertiary/aromatic N) is 1. The largest absolute Gasteiger partial charge is 0.507 e. The summed E-state index contributed by atoms with van der Waals surface area (Å²) in [7, 11) is 0. The van der Waals surface area contributed by atoms with Crippen molar-refractivity contribution in [2.75, 3.05) is 13.2 Å². The molecule has 2 aromatic carbocycles. The van der Waals surface area contributed by atoms with Gasteiger partial charge in [0.05, 0.1) is 24.5 Å². The maximum atomic E-state index is 13.6. The molecule has 0 spiro atoms. The van der Waals surface area contributed by atoms with Gasteiger partial charge in [-0.1, -0.05) is 71.6 Å². The van der Waals surface area contributed by atoms with E-state index in [-0.39, 0.29) is 47.8 Å². The standard InChI is InChI=1S/C35H40BrNO6/c1-2-9-24-20-27-33(35(42)37(34(27)41)17-8-4-7-12-31(39)40)28-21-43-30(32(24)28)16-13-23(22-10-5-3-6-11-22)18-25-19-26(36)14-15-29(25)38/h3,5-6,10-11,14-15,18-19,27-28,30,33,38H,2,4,7-9,12-13,16-17,20-21H2,1H3,(H,39,40)/b23-18-/t27-,28+,30-,33-/m1/s1. The van der Waals surface area contributed by atoms with Crippen molar-refractivity contribution in [2.24, 2.45) is 17.8 Å². The predicted octanol–water partition coefficient (Wildman–Crippen LogP) is 7.24. The quantitative estimate of drug-likeness (QED) is 0.103. The Balaban J connectivity index is 1.34. The van der Waals surface area contributed by atoms with Crippen molar-refractivity contribution in [3.63, 3.8) is 0 Å². The van der Waals surface area contributed by atoms with Gasteiger partial charge in [0.25, 0.3) is 0 Å². The zero-order chi connectivity index (χ0) is 30.5. The second-order valence-corrected chi connectivity index (χ2v) is 12.8. The highest BCUT2D eigenvalue weighted by Gasteiger charge is 2.56. The molecule has 4 atom stereocenters. The number of ether oxygens (including phenoxy) is 1. The number of hydrogen-bond acceptors (Lipinski definition) is 5. The van der Waals surface area contributed by atoms with Crippen LogP contribution in [0.5, 0.6) is 5.75 Å². The van der Waals surface area contributed by atoms with Gasteiger partial charge in [-0.05, 0) is 79.5 Å². The van der Waals surface area contributed by atoms with Crippen LogP contribution in [-0.4, -0.2) is 52.2 Å². The lowest BCUT2D eigenvalue weighted by molar-refractivity contribution is -0.141. The number of halogens is 1. The fourth-order valence-electron chi connectivity index (χ4n) is 7.09. The van der Waals surface area contributed by atoms with E-state index in [4.69, 9.17) is 9.84 Å². The smallest absolute Gasteiger partial charge is 0.303 e. The zero-order valence-electron chi connectivity index (χ0n) is 24.6. The SMILES string of the molecule is CCCC1=C2[C@@H](CC/C(=C/c3cc(Br)ccc3O)c3ccccc3)OC[C@@H]2[C@@H]2C(=O)N(CCCCCC(=O)O)C(=O)[C@@H]2C1. The normalized spacial score (nSPS) is 23.6. The number of carbonyl (C=O) groups excluding carboxylic acids is 2. The van der Waals surface area contributed by atoms with Crippen LogP contribution in [0.25, 0.3) is 11.6 Å². The van der Waals surface area contributed by atoms with Crippen LogP contribution in [0.4, 0.5) is 0 Å². The van der Waals surface area contributed by atoms with Crippen molar-refractivity contribution >= 4 is 45.4 Å². The maximum absolute atomic E-state index is 13.6. The summed E-state index contributed by atoms with van der Waals surface area (Å²) in [6.45, 7) is 2.94. The monoisotopic (exact) mass is 649 g/mol. The van der Waals surface area contributed by atoms with E-state index in [2.05, 4.69) is 35.0 Å². The lowest BCUT2D eigenvalue weighted by atomic mass is 9.68. The number of fused-ring (bicyclic) bond motifs is 3. The van der Waals surface area contributed by atoms with Gasteiger partial charge in [-0.25, -0.2) is 0 Å². The number of imide groups is 1. The number of benzene rings is 2. The third-order valence-electron chi connectivity index (χ3n) is 9.06. The molecule has 2 fully saturated rings. The highest BCUT2D eigenvalue weighted by atomic mass is 79.9. The minimum Gasteiger partial charge on any atom is -0.507 e. The molecule has 0 aromatic heterocycles. The number of carboxylic acid groups (broad SMARTS) is 1. The second-order valence-electron chi connectivity index (χ2n) is 11.9. The van der Waals surface area contributed by atoms with E-state index in [1.165, 1.54) is 16.0 Å². The van der Waals surface area contributed by atoms with Gasteiger partial charge < -0.3 is 14.9 Å². The molecule has 2 aliphatic heterocycles. The Hall–Kier alpha value is -3.23. The molecule has 228 valence electrons. The van der Waals surface area contributed by atoms with Crippen molar-refractivity contribution in [3.8, 4) is 5.75 Å². The first-order valence-electron chi connectivity index (χ1n) is 15.4. The first-order valence-corrected chi connectivity index (χ1v) is 16.2. The molecule has 0 radical (unpaired) electrons. The number of carbonyl (C=O) groups is 3. The number of phenols is 1. The molecule has 0 unspecified atom stereocenters. The molecule has 7 nitrogen and oxygen atoms in total. The Morgan fingerprint density at radius 3 is 2.58 bits per heavy atom. The second kappa shape index (κ2) is 14.0. The predicted molar refractivity (Wildman–Crippen MR) is 169 cm³/mol. The van der Waals surface area contributed by atoms with Crippen LogP contribution in [0, 0.1) is 17.8 Å². The van der Waals surface area contributed by atoms with Crippen LogP contribution >= 0.6 is 15.9 Å². The Morgan fingerprint density at radius 1 is 1.05 bits per heavy atom. The average Bonchev–Trinajstić information content (AvgIpc) is 3.52. The van der Waals surface area contributed by atoms with Crippen LogP contribution < -0.4 is 0 Å². The molecule has 2 amide bonds. The van der Waals surface area contributed by atoms with Gasteiger partial charge in [0, 0.05) is 28.9 Å². The van der Waals surface area contributed by atoms with Crippen LogP contribution in [0.3, 0.4) is 0 Å². The van der Waals surface area contributed by atoms with Crippen molar-refractivity contribution in [3.05, 3.63) is 75.3 Å². The highest BCUT2D eigenvalue weighted by molar-refractivity contribution is 9.10. The molecule has 43 heavy (non-hydrogen) atoms. The zero-order valence-corrected chi connectivity index (χ0v) is 26.2. The topological polar surface area (TPSA) is 104 Å². The summed E-state index contributed by atoms with van der Waals surface area (Å²) in [5.41, 5.74) is 5.41. The van der Waals surface area contributed by atoms with Crippen molar-refractivity contribution < 1.29 is 29.3 Å². The minimum atomic E-state index is -0.824. The van der Waals surface area contributed by atoms with Crippen LogP contribution in [0.1, 0.15) is 75.8 Å². The summed E-state index contributed by atoms with van der Waals surface area (Å²) >= 11 is 3.51. The van der Waals surface area contributed by atoms with Gasteiger partial charge in [-0.3, -0.25) is 19.3 Å². The van der Waals surface area contributed by atoms with E-state index in [1.54, 1.807) is 6.07 Å². The first kappa shape index (κ1) is 31.2. The lowest BCUT2D eigenvalue weighted by Gasteiger charge is -2.32. The van der Waals surface area contributed by atoms with E-state index in [0.29, 0.717) is 38.8 Å². The molecule has 0 bridgehead atoms. The van der Waals surface area contributed by atoms with Crippen molar-refractivity contribution in [2.45, 2.75) is 70.8 Å². The van der Waals surface area contributed by atoms with Gasteiger partial charge in [-0.15, -0.1) is 0 Å². The molecule has 3 aliphatic rings. The Kier molecular flexibility index (Phi) is 10.2. The van der Waals surface area contributed by atoms with Gasteiger partial charge >= 0.3 is 5.97 Å². The lowest BCUT2D eigenvalue weighted by Crippen LogP contribution is -2.34. The van der Waals surface area contributed by atoms with E-state index in [0.717, 1.165) is 46.9 Å². The Labute approximate surface area is 261 Å². The van der Waals surface area contributed by atoms with Crippen LogP contribution in [-0.2, 0) is 19.1 Å². The van der Waals surface area contributed by atoms with E-state index in [1.807, 2.05) is 36.4 Å². The van der Waals surface area contributed by atoms with Crippen molar-refractivity contribution in [1.29, 1.82) is 0 Å². The minimum absolute atomic E-state index is 0.0764. The average molecular weight is 651 g/mol. The van der Waals surface area contributed by atoms with Gasteiger partial charge in [0.2, 0.25) is 11.8 Å². The van der Waals surface area contributed by atoms with E-state index >= 15 is 0 Å². The number of rotatable bonds is 13. The number of hydrogen-bond donors (Lipinski definition) is 2. The number of aliphatic carboxylic acids is 1. The van der Waals surface area contributed by atoms with E-state index in [9.17, 15) is 19.5 Å². The van der Waals surface area contributed by atoms with E-state index < -0.39 is 5.97 Å². The van der Waals surface area contributed by atoms with Gasteiger partial charge in [0.1, 0.15) is 5.75 Å². The number of likely N-dealkylation sites (tertiary alicyclic amines) is 1. The highest BCUT2D eigenvalue weighted by Crippen LogP contribution is 2.51. The number of carboxylic acids is 1. The number of unbranched alkanes of at least 4 members (excludes halogenated alkanes) is 2. The fraction of sp³-hybridized carbons (Fsp3) is 0.457. The summed E-state index contributed by atoms with van der Waals surface area (Å²) in [5.74, 6) is -1.57. The molecule has 8 heteroatoms. The Bertz CT molecular complexity index is 1420. The molecular formula is C35H40BrNO6. The molecule has 2 aromatic rings. The number of phenolic OH excluding ortho intramolecular Hbond substituents is 1. The molecule has 2 heterocycles. The maximum Gasteiger partial charge on any atom is 0.303 e. The van der Waals surface area contributed by atoms with Crippen molar-refractivity contribution in [1.82, 2.24) is 4.90 Å². The molecule has 2 saturated heterocycles. The molecular weight excluding hydrogens is 610 g/mol. The fourth-order valence-corrected chi connectivity index (χ4v) is 7.47. The third-order valence-corrected chi connectivity index (χ3v) is 9.56. The van der Waals surface area contributed by atoms with Crippen LogP contribution in [0.2, 0.25) is 0 Å². The molecule has 1 aliphatic carbocycles.